The molecule has 2 aromatic rings. The topological polar surface area (TPSA) is 0 Å². The van der Waals surface area contributed by atoms with Gasteiger partial charge in [0, 0.05) is 0 Å². The van der Waals surface area contributed by atoms with E-state index in [1.807, 2.05) is 45.9 Å². The van der Waals surface area contributed by atoms with Crippen LogP contribution in [0.1, 0.15) is 33.3 Å². The maximum atomic E-state index is 2.16. The molecule has 0 saturated heterocycles. The summed E-state index contributed by atoms with van der Waals surface area (Å²) in [6.07, 6.45) is 4.00. The van der Waals surface area contributed by atoms with Crippen molar-refractivity contribution in [1.82, 2.24) is 0 Å². The van der Waals surface area contributed by atoms with Crippen molar-refractivity contribution in [3.63, 3.8) is 0 Å². The van der Waals surface area contributed by atoms with E-state index in [1.54, 1.807) is 0 Å². The summed E-state index contributed by atoms with van der Waals surface area (Å²) in [5, 5.41) is 0. The van der Waals surface area contributed by atoms with Crippen molar-refractivity contribution in [3.05, 3.63) is 72.3 Å². The average Bonchev–Trinajstić information content (AvgIpc) is 2.51. The lowest BCUT2D eigenvalue weighted by Gasteiger charge is -2.00. The van der Waals surface area contributed by atoms with Crippen LogP contribution in [0.4, 0.5) is 0 Å². The molecule has 0 atom stereocenters. The zero-order valence-electron chi connectivity index (χ0n) is 12.9. The van der Waals surface area contributed by atoms with Gasteiger partial charge in [-0.15, -0.1) is 0 Å². The molecule has 2 rings (SSSR count). The van der Waals surface area contributed by atoms with E-state index in [4.69, 9.17) is 0 Å². The Hall–Kier alpha value is -1.82. The molecule has 0 heterocycles. The van der Waals surface area contributed by atoms with Crippen LogP contribution in [-0.4, -0.2) is 0 Å². The van der Waals surface area contributed by atoms with Gasteiger partial charge in [-0.25, -0.2) is 0 Å². The first-order valence-electron chi connectivity index (χ1n) is 6.97. The Morgan fingerprint density at radius 1 is 0.632 bits per heavy atom. The van der Waals surface area contributed by atoms with Crippen LogP contribution < -0.4 is 0 Å². The number of aryl methyl sites for hydroxylation is 1. The van der Waals surface area contributed by atoms with Crippen LogP contribution in [0, 0.1) is 6.92 Å². The number of rotatable bonds is 1. The van der Waals surface area contributed by atoms with Gasteiger partial charge in [0.1, 0.15) is 0 Å². The smallest absolute Gasteiger partial charge is 0.0184 e. The molecular formula is C19H26. The number of allylic oxidation sites excluding steroid dienone is 2. The Labute approximate surface area is 118 Å². The summed E-state index contributed by atoms with van der Waals surface area (Å²) in [7, 11) is 0. The predicted octanol–water partition coefficient (Wildman–Crippen LogP) is 6.27. The van der Waals surface area contributed by atoms with E-state index in [1.165, 1.54) is 16.7 Å². The molecule has 2 aromatic carbocycles. The van der Waals surface area contributed by atoms with Crippen LogP contribution >= 0.6 is 0 Å². The Kier molecular flexibility index (Phi) is 10.2. The molecule has 102 valence electrons. The summed E-state index contributed by atoms with van der Waals surface area (Å²) in [5.74, 6) is 0. The third kappa shape index (κ3) is 7.25. The summed E-state index contributed by atoms with van der Waals surface area (Å²) < 4.78 is 0. The van der Waals surface area contributed by atoms with Gasteiger partial charge in [0.2, 0.25) is 0 Å². The van der Waals surface area contributed by atoms with E-state index in [0.717, 1.165) is 0 Å². The van der Waals surface area contributed by atoms with E-state index < -0.39 is 0 Å². The third-order valence-corrected chi connectivity index (χ3v) is 2.49. The minimum Gasteiger partial charge on any atom is -0.0919 e. The predicted molar refractivity (Wildman–Crippen MR) is 88.5 cm³/mol. The van der Waals surface area contributed by atoms with Gasteiger partial charge in [-0.2, -0.15) is 0 Å². The highest BCUT2D eigenvalue weighted by molar-refractivity contribution is 5.63. The molecule has 0 amide bonds. The van der Waals surface area contributed by atoms with E-state index in [0.29, 0.717) is 0 Å². The van der Waals surface area contributed by atoms with Crippen molar-refractivity contribution in [1.29, 1.82) is 0 Å². The van der Waals surface area contributed by atoms with Crippen LogP contribution in [0.15, 0.2) is 66.7 Å². The highest BCUT2D eigenvalue weighted by Crippen LogP contribution is 2.18. The quantitative estimate of drug-likeness (QED) is 0.526. The molecule has 0 bridgehead atoms. The summed E-state index contributed by atoms with van der Waals surface area (Å²) in [6.45, 7) is 10.1. The first-order chi connectivity index (χ1) is 9.27. The second-order valence-corrected chi connectivity index (χ2v) is 3.90. The normalized spacial score (nSPS) is 9.11. The van der Waals surface area contributed by atoms with Gasteiger partial charge in [-0.1, -0.05) is 86.2 Å². The van der Waals surface area contributed by atoms with Crippen molar-refractivity contribution in [3.8, 4) is 11.1 Å². The monoisotopic (exact) mass is 254 g/mol. The maximum Gasteiger partial charge on any atom is -0.0184 e. The molecule has 0 unspecified atom stereocenters. The standard InChI is InChI=1S/C13H12.C4H8.C2H6/c1-11-7-9-13(10-8-11)12-5-3-2-4-6-12;1-3-4-2;1-2/h2-10H,1H3;3-4H,1-2H3;1-2H3/b;4-3-;. The number of hydrogen-bond acceptors (Lipinski definition) is 0. The van der Waals surface area contributed by atoms with Crippen molar-refractivity contribution in [2.75, 3.05) is 0 Å². The van der Waals surface area contributed by atoms with Crippen molar-refractivity contribution >= 4 is 0 Å². The number of benzene rings is 2. The van der Waals surface area contributed by atoms with Crippen molar-refractivity contribution in [2.24, 2.45) is 0 Å². The minimum atomic E-state index is 1.28. The SMILES string of the molecule is C/C=C\C.CC.Cc1ccc(-c2ccccc2)cc1. The fourth-order valence-electron chi connectivity index (χ4n) is 1.38. The summed E-state index contributed by atoms with van der Waals surface area (Å²) in [5.41, 5.74) is 3.87. The molecule has 0 nitrogen and oxygen atoms in total. The molecule has 0 N–H and O–H groups in total. The molecule has 0 aliphatic carbocycles. The fraction of sp³-hybridized carbons (Fsp3) is 0.263. The van der Waals surface area contributed by atoms with Crippen molar-refractivity contribution < 1.29 is 0 Å². The van der Waals surface area contributed by atoms with Gasteiger partial charge < -0.3 is 0 Å². The molecule has 0 fully saturated rings. The van der Waals surface area contributed by atoms with Crippen LogP contribution in [-0.2, 0) is 0 Å². The van der Waals surface area contributed by atoms with Gasteiger partial charge in [0.15, 0.2) is 0 Å². The Morgan fingerprint density at radius 2 is 1.05 bits per heavy atom. The zero-order valence-corrected chi connectivity index (χ0v) is 12.9. The second-order valence-electron chi connectivity index (χ2n) is 3.90. The lowest BCUT2D eigenvalue weighted by molar-refractivity contribution is 1.47. The van der Waals surface area contributed by atoms with Gasteiger partial charge in [0.05, 0.1) is 0 Å². The highest BCUT2D eigenvalue weighted by atomic mass is 14.0. The van der Waals surface area contributed by atoms with E-state index in [-0.39, 0.29) is 0 Å². The highest BCUT2D eigenvalue weighted by Gasteiger charge is 1.93. The third-order valence-electron chi connectivity index (χ3n) is 2.49. The van der Waals surface area contributed by atoms with Crippen LogP contribution in [0.5, 0.6) is 0 Å². The maximum absolute atomic E-state index is 2.16. The summed E-state index contributed by atoms with van der Waals surface area (Å²) >= 11 is 0. The minimum absolute atomic E-state index is 1.28. The van der Waals surface area contributed by atoms with Crippen LogP contribution in [0.3, 0.4) is 0 Å². The van der Waals surface area contributed by atoms with Gasteiger partial charge in [0.25, 0.3) is 0 Å². The van der Waals surface area contributed by atoms with Crippen LogP contribution in [0.25, 0.3) is 11.1 Å². The molecule has 0 spiro atoms. The molecule has 0 aromatic heterocycles. The van der Waals surface area contributed by atoms with E-state index in [9.17, 15) is 0 Å². The zero-order chi connectivity index (χ0) is 14.5. The Bertz CT molecular complexity index is 431. The largest absolute Gasteiger partial charge is 0.0919 e. The van der Waals surface area contributed by atoms with Gasteiger partial charge in [-0.05, 0) is 31.9 Å². The summed E-state index contributed by atoms with van der Waals surface area (Å²) in [4.78, 5) is 0. The first-order valence-corrected chi connectivity index (χ1v) is 6.97. The molecule has 0 radical (unpaired) electrons. The Balaban J connectivity index is 0.000000467. The second kappa shape index (κ2) is 11.3. The van der Waals surface area contributed by atoms with E-state index >= 15 is 0 Å². The molecule has 0 aliphatic rings. The molecule has 0 heteroatoms. The Morgan fingerprint density at radius 3 is 1.47 bits per heavy atom. The molecular weight excluding hydrogens is 228 g/mol. The lowest BCUT2D eigenvalue weighted by Crippen LogP contribution is -1.76. The fourth-order valence-corrected chi connectivity index (χ4v) is 1.38. The summed E-state index contributed by atoms with van der Waals surface area (Å²) in [6, 6.07) is 19.0. The molecule has 19 heavy (non-hydrogen) atoms. The van der Waals surface area contributed by atoms with E-state index in [2.05, 4.69) is 55.5 Å². The van der Waals surface area contributed by atoms with Crippen molar-refractivity contribution in [2.45, 2.75) is 34.6 Å². The molecule has 0 saturated carbocycles. The molecule has 0 aliphatic heterocycles. The van der Waals surface area contributed by atoms with Gasteiger partial charge >= 0.3 is 0 Å². The lowest BCUT2D eigenvalue weighted by atomic mass is 10.0. The van der Waals surface area contributed by atoms with Crippen LogP contribution in [0.2, 0.25) is 0 Å². The first kappa shape index (κ1) is 17.2. The van der Waals surface area contributed by atoms with Gasteiger partial charge in [-0.3, -0.25) is 0 Å². The number of hydrogen-bond donors (Lipinski definition) is 0. The average molecular weight is 254 g/mol.